The number of hydrogen-bond acceptors (Lipinski definition) is 10. The summed E-state index contributed by atoms with van der Waals surface area (Å²) in [5.41, 5.74) is 6.00. The Morgan fingerprint density at radius 1 is 0.947 bits per heavy atom. The third-order valence-corrected chi connectivity index (χ3v) is 25.3. The summed E-state index contributed by atoms with van der Waals surface area (Å²) in [7, 11) is 0. The number of rotatable bonds is 10. The number of nitrogens with one attached hydrogen (secondary N) is 1. The molecule has 0 bridgehead atoms. The van der Waals surface area contributed by atoms with Gasteiger partial charge in [-0.3, -0.25) is 4.79 Å². The summed E-state index contributed by atoms with van der Waals surface area (Å²) in [4.78, 5) is 16.0. The van der Waals surface area contributed by atoms with E-state index in [1.807, 2.05) is 26.0 Å². The van der Waals surface area contributed by atoms with Gasteiger partial charge < -0.3 is 46.1 Å². The number of carbonyl (C=O) groups is 1. The Morgan fingerprint density at radius 3 is 2.51 bits per heavy atom. The zero-order chi connectivity index (χ0) is 52.9. The fourth-order valence-corrected chi connectivity index (χ4v) is 21.8. The average Bonchev–Trinajstić information content (AvgIpc) is 3.86. The first kappa shape index (κ1) is 52.1. The number of aliphatic hydroxyl groups excluding tert-OH is 3. The van der Waals surface area contributed by atoms with Crippen LogP contribution in [-0.2, 0) is 27.1 Å². The molecule has 0 amide bonds. The maximum atomic E-state index is 16.0. The fourth-order valence-electron chi connectivity index (χ4n) is 21.8. The van der Waals surface area contributed by atoms with Crippen LogP contribution in [-0.4, -0.2) is 92.8 Å². The fraction of sp³-hybridized carbons (Fsp3) is 0.742. The normalized spacial score (nSPS) is 46.1. The summed E-state index contributed by atoms with van der Waals surface area (Å²) < 4.78 is 14.3. The van der Waals surface area contributed by atoms with Gasteiger partial charge in [-0.15, -0.1) is 0 Å². The van der Waals surface area contributed by atoms with Crippen molar-refractivity contribution in [2.45, 2.75) is 204 Å². The van der Waals surface area contributed by atoms with Crippen LogP contribution in [0.3, 0.4) is 0 Å². The van der Waals surface area contributed by atoms with Crippen molar-refractivity contribution in [3.05, 3.63) is 82.2 Å². The van der Waals surface area contributed by atoms with Crippen molar-refractivity contribution in [2.24, 2.45) is 79.6 Å². The van der Waals surface area contributed by atoms with Crippen molar-refractivity contribution >= 4 is 5.78 Å². The molecule has 0 aromatic heterocycles. The minimum Gasteiger partial charge on any atom is -0.396 e. The van der Waals surface area contributed by atoms with Crippen LogP contribution >= 0.6 is 0 Å². The van der Waals surface area contributed by atoms with Gasteiger partial charge in [0.05, 0.1) is 29.7 Å². The lowest BCUT2D eigenvalue weighted by Crippen LogP contribution is -2.71. The van der Waals surface area contributed by atoms with E-state index in [1.165, 1.54) is 55.2 Å². The number of hydrogen-bond donors (Lipinski definition) is 7. The molecule has 12 aliphatic rings. The molecule has 412 valence electrons. The van der Waals surface area contributed by atoms with Crippen molar-refractivity contribution in [2.75, 3.05) is 26.4 Å². The van der Waals surface area contributed by atoms with Crippen LogP contribution in [0.4, 0.5) is 0 Å². The number of carbonyl (C=O) groups excluding carboxylic acids is 1. The zero-order valence-electron chi connectivity index (χ0n) is 46.3. The van der Waals surface area contributed by atoms with E-state index in [9.17, 15) is 25.5 Å². The molecular formula is C66H90N2O8. The highest BCUT2D eigenvalue weighted by Crippen LogP contribution is 2.84. The molecule has 8 N–H and O–H groups in total. The van der Waals surface area contributed by atoms with Gasteiger partial charge in [0.1, 0.15) is 17.8 Å². The number of allylic oxidation sites excluding steroid dienone is 4. The van der Waals surface area contributed by atoms with Crippen LogP contribution in [0.15, 0.2) is 71.1 Å². The number of fused-ring (bicyclic) bond motifs is 4. The van der Waals surface area contributed by atoms with E-state index in [-0.39, 0.29) is 54.0 Å². The number of ketones is 1. The van der Waals surface area contributed by atoms with Crippen molar-refractivity contribution < 1.29 is 39.8 Å². The number of benzene rings is 1. The zero-order valence-corrected chi connectivity index (χ0v) is 46.3. The lowest BCUT2D eigenvalue weighted by atomic mass is 9.32. The summed E-state index contributed by atoms with van der Waals surface area (Å²) in [5, 5.41) is 65.4. The quantitative estimate of drug-likeness (QED) is 0.0680. The summed E-state index contributed by atoms with van der Waals surface area (Å²) in [5.74, 6) is 8.59. The molecule has 2 saturated heterocycles. The number of aliphatic hydroxyl groups is 5. The van der Waals surface area contributed by atoms with E-state index in [0.29, 0.717) is 88.1 Å². The van der Waals surface area contributed by atoms with Gasteiger partial charge in [0.15, 0.2) is 5.78 Å². The molecule has 4 spiro atoms. The smallest absolute Gasteiger partial charge is 0.159 e. The van der Waals surface area contributed by atoms with Crippen LogP contribution in [0.1, 0.15) is 167 Å². The maximum Gasteiger partial charge on any atom is 0.159 e. The van der Waals surface area contributed by atoms with Gasteiger partial charge in [-0.2, -0.15) is 0 Å². The molecule has 9 aliphatic carbocycles. The van der Waals surface area contributed by atoms with E-state index in [2.05, 4.69) is 67.4 Å². The minimum atomic E-state index is -1.42. The Balaban J connectivity index is 0.951. The summed E-state index contributed by atoms with van der Waals surface area (Å²) >= 11 is 0. The first-order valence-corrected chi connectivity index (χ1v) is 30.4. The van der Waals surface area contributed by atoms with Gasteiger partial charge in [0.2, 0.25) is 0 Å². The van der Waals surface area contributed by atoms with E-state index >= 15 is 4.79 Å². The Bertz CT molecular complexity index is 2710. The molecule has 8 fully saturated rings. The number of aryl methyl sites for hydroxylation is 1. The highest BCUT2D eigenvalue weighted by molar-refractivity contribution is 5.95. The Hall–Kier alpha value is -3.27. The third kappa shape index (κ3) is 7.25. The summed E-state index contributed by atoms with van der Waals surface area (Å²) in [6.07, 6.45) is 26.0. The largest absolute Gasteiger partial charge is 0.396 e. The van der Waals surface area contributed by atoms with E-state index in [0.717, 1.165) is 56.1 Å². The second-order valence-electron chi connectivity index (χ2n) is 28.8. The molecule has 3 heterocycles. The number of nitrogens with two attached hydrogens (primary N) is 1. The lowest BCUT2D eigenvalue weighted by molar-refractivity contribution is -0.226. The van der Waals surface area contributed by atoms with Gasteiger partial charge in [-0.05, 0) is 209 Å². The molecule has 1 aromatic carbocycles. The van der Waals surface area contributed by atoms with Crippen LogP contribution in [0.25, 0.3) is 0 Å². The highest BCUT2D eigenvalue weighted by Gasteiger charge is 2.82. The Kier molecular flexibility index (Phi) is 12.4. The predicted molar refractivity (Wildman–Crippen MR) is 293 cm³/mol. The topological polar surface area (TPSA) is 178 Å². The third-order valence-electron chi connectivity index (χ3n) is 25.3. The first-order chi connectivity index (χ1) is 36.4. The van der Waals surface area contributed by atoms with Crippen molar-refractivity contribution in [1.29, 1.82) is 0 Å². The second kappa shape index (κ2) is 18.1. The molecule has 13 rings (SSSR count). The van der Waals surface area contributed by atoms with E-state index in [4.69, 9.17) is 15.2 Å². The molecule has 3 aliphatic heterocycles. The predicted octanol–water partition coefficient (Wildman–Crippen LogP) is 9.11. The molecule has 10 heteroatoms. The van der Waals surface area contributed by atoms with Gasteiger partial charge in [0, 0.05) is 54.3 Å². The van der Waals surface area contributed by atoms with Gasteiger partial charge >= 0.3 is 0 Å². The molecule has 18 unspecified atom stereocenters. The standard InChI is InChI=1S/C66H90N2O8/c1-41-20-29-75-65(34-41,57-56(76-57)60(4,73)58(2,40-70)23-16-42-18-27-68-54(67)31-42)52-17-24-66(74)50-33-51(72)49-32-48(71)38-63-47-30-43(19-28-69)35-64(49,63)55(50)46(36-59(52,66)3)15-14-45-11-6-5-10-44(45)12-9-13-53(63)62(37-47)26-25-61(39-62)21-7-8-22-61/h5-6,10-11,18,30-31,33,41,46-49,52-53,55-57,68-71,73-74H,7-8,12,14-17,19-29,32,34-40,67H2,1-4H3. The molecular weight excluding hydrogens is 949 g/mol. The van der Waals surface area contributed by atoms with Crippen molar-refractivity contribution in [1.82, 2.24) is 5.32 Å². The number of ether oxygens (including phenoxy) is 2. The van der Waals surface area contributed by atoms with Crippen molar-refractivity contribution in [3.8, 4) is 11.8 Å². The summed E-state index contributed by atoms with van der Waals surface area (Å²) in [6, 6.07) is 8.93. The SMILES string of the molecule is CC1CCOC(C2OC2C(C)(O)C(C)(CO)CCC2=CCNC(N)=C2)(C2CCC3(O)C4=CC(=O)C5CC(O)CC67C8C=C(CCO)CC56C4C(CCc4ccccc4CC#CC7C4(CCC5(CCCC5)C4)C8)CC23C)C1. The molecule has 18 atom stereocenters. The molecule has 76 heavy (non-hydrogen) atoms. The second-order valence-corrected chi connectivity index (χ2v) is 28.8. The monoisotopic (exact) mass is 1040 g/mol. The number of epoxide rings is 1. The molecule has 10 nitrogen and oxygen atoms in total. The van der Waals surface area contributed by atoms with Crippen LogP contribution < -0.4 is 11.1 Å². The van der Waals surface area contributed by atoms with Gasteiger partial charge in [0.25, 0.3) is 0 Å². The van der Waals surface area contributed by atoms with E-state index in [1.54, 1.807) is 0 Å². The minimum absolute atomic E-state index is 0.0132. The Labute approximate surface area is 453 Å². The molecule has 0 radical (unpaired) electrons. The average molecular weight is 1040 g/mol. The highest BCUT2D eigenvalue weighted by atomic mass is 16.6. The molecule has 6 saturated carbocycles. The van der Waals surface area contributed by atoms with Crippen LogP contribution in [0.2, 0.25) is 0 Å². The summed E-state index contributed by atoms with van der Waals surface area (Å²) in [6.45, 7) is 9.50. The van der Waals surface area contributed by atoms with Crippen molar-refractivity contribution in [3.63, 3.8) is 0 Å². The Morgan fingerprint density at radius 2 is 1.75 bits per heavy atom. The van der Waals surface area contributed by atoms with E-state index < -0.39 is 62.7 Å². The maximum absolute atomic E-state index is 16.0. The number of dihydropyridines is 1. The lowest BCUT2D eigenvalue weighted by Gasteiger charge is -2.71. The van der Waals surface area contributed by atoms with Crippen LogP contribution in [0, 0.1) is 85.8 Å². The molecule has 1 aromatic rings. The van der Waals surface area contributed by atoms with Gasteiger partial charge in [-0.1, -0.05) is 87.4 Å². The first-order valence-electron chi connectivity index (χ1n) is 30.4. The van der Waals surface area contributed by atoms with Crippen LogP contribution in [0.5, 0.6) is 0 Å². The van der Waals surface area contributed by atoms with Gasteiger partial charge in [-0.25, -0.2) is 0 Å².